The Balaban J connectivity index is 2.43. The molecule has 2 aromatic carbocycles. The molecule has 2 aromatic rings. The lowest BCUT2D eigenvalue weighted by Gasteiger charge is -2.45. The fourth-order valence-corrected chi connectivity index (χ4v) is 10.6. The van der Waals surface area contributed by atoms with Gasteiger partial charge in [-0.3, -0.25) is 0 Å². The zero-order valence-electron chi connectivity index (χ0n) is 20.0. The molecule has 0 nitrogen and oxygen atoms in total. The third kappa shape index (κ3) is 3.38. The average molecular weight is 403 g/mol. The highest BCUT2D eigenvalue weighted by atomic mass is 28.3. The SMILES string of the molecule is CCc1cc(CC)cc([Si](C)(c2cc(C)ccc2C)C2(C)C=C(C)C(C)=C2C)c1. The molecule has 0 N–H and O–H groups in total. The second-order valence-electron chi connectivity index (χ2n) is 9.47. The summed E-state index contributed by atoms with van der Waals surface area (Å²) in [6.45, 7) is 21.2. The molecule has 29 heavy (non-hydrogen) atoms. The minimum atomic E-state index is -2.15. The van der Waals surface area contributed by atoms with Crippen molar-refractivity contribution in [3.05, 3.63) is 81.4 Å². The third-order valence-electron chi connectivity index (χ3n) is 7.86. The summed E-state index contributed by atoms with van der Waals surface area (Å²) in [6, 6.07) is 14.6. The Hall–Kier alpha value is -1.86. The zero-order valence-corrected chi connectivity index (χ0v) is 21.0. The van der Waals surface area contributed by atoms with Gasteiger partial charge in [0.25, 0.3) is 0 Å². The minimum absolute atomic E-state index is 0.0805. The maximum atomic E-state index is 2.62. The lowest BCUT2D eigenvalue weighted by Crippen LogP contribution is -2.64. The van der Waals surface area contributed by atoms with Gasteiger partial charge in [-0.15, -0.1) is 0 Å². The van der Waals surface area contributed by atoms with E-state index in [4.69, 9.17) is 0 Å². The molecular weight excluding hydrogens is 364 g/mol. The lowest BCUT2D eigenvalue weighted by atomic mass is 10.0. The smallest absolute Gasteiger partial charge is 0.0733 e. The van der Waals surface area contributed by atoms with E-state index in [0.717, 1.165) is 12.8 Å². The maximum Gasteiger partial charge on any atom is 0.128 e. The highest BCUT2D eigenvalue weighted by Gasteiger charge is 2.52. The van der Waals surface area contributed by atoms with Crippen molar-refractivity contribution < 1.29 is 0 Å². The number of hydrogen-bond acceptors (Lipinski definition) is 0. The number of benzene rings is 2. The first kappa shape index (κ1) is 21.8. The van der Waals surface area contributed by atoms with E-state index in [2.05, 4.69) is 104 Å². The first-order chi connectivity index (χ1) is 13.6. The fraction of sp³-hybridized carbons (Fsp3) is 0.429. The third-order valence-corrected chi connectivity index (χ3v) is 13.5. The van der Waals surface area contributed by atoms with Crippen molar-refractivity contribution in [2.24, 2.45) is 0 Å². The van der Waals surface area contributed by atoms with Gasteiger partial charge in [-0.25, -0.2) is 0 Å². The maximum absolute atomic E-state index is 2.62. The summed E-state index contributed by atoms with van der Waals surface area (Å²) in [4.78, 5) is 0. The van der Waals surface area contributed by atoms with Crippen LogP contribution in [0.2, 0.25) is 11.6 Å². The van der Waals surface area contributed by atoms with Crippen molar-refractivity contribution in [3.63, 3.8) is 0 Å². The van der Waals surface area contributed by atoms with E-state index in [1.165, 1.54) is 33.4 Å². The Kier molecular flexibility index (Phi) is 5.84. The van der Waals surface area contributed by atoms with Crippen molar-refractivity contribution in [3.8, 4) is 0 Å². The van der Waals surface area contributed by atoms with Crippen molar-refractivity contribution in [1.82, 2.24) is 0 Å². The standard InChI is InChI=1S/C28H38Si/c1-10-24-15-25(11-2)17-26(16-24)29(9,27-14-19(3)12-13-20(27)4)28(8)18-21(5)22(6)23(28)7/h12-18H,10-11H2,1-9H3. The molecule has 0 spiro atoms. The summed E-state index contributed by atoms with van der Waals surface area (Å²) < 4.78 is 0. The molecule has 0 bridgehead atoms. The van der Waals surface area contributed by atoms with Crippen LogP contribution < -0.4 is 10.4 Å². The largest absolute Gasteiger partial charge is 0.128 e. The van der Waals surface area contributed by atoms with Gasteiger partial charge in [-0.2, -0.15) is 0 Å². The van der Waals surface area contributed by atoms with Gasteiger partial charge in [0, 0.05) is 5.04 Å². The highest BCUT2D eigenvalue weighted by Crippen LogP contribution is 2.53. The van der Waals surface area contributed by atoms with Crippen molar-refractivity contribution >= 4 is 18.4 Å². The van der Waals surface area contributed by atoms with E-state index in [0.29, 0.717) is 0 Å². The molecule has 0 heterocycles. The molecule has 0 aromatic heterocycles. The molecule has 2 atom stereocenters. The second kappa shape index (κ2) is 7.76. The van der Waals surface area contributed by atoms with Gasteiger partial charge in [0.15, 0.2) is 0 Å². The first-order valence-corrected chi connectivity index (χ1v) is 13.7. The van der Waals surface area contributed by atoms with Crippen LogP contribution in [0.4, 0.5) is 0 Å². The van der Waals surface area contributed by atoms with Crippen LogP contribution in [0.1, 0.15) is 63.8 Å². The van der Waals surface area contributed by atoms with Crippen LogP contribution in [0.3, 0.4) is 0 Å². The predicted molar refractivity (Wildman–Crippen MR) is 132 cm³/mol. The topological polar surface area (TPSA) is 0 Å². The Morgan fingerprint density at radius 1 is 0.828 bits per heavy atom. The average Bonchev–Trinajstić information content (AvgIpc) is 2.92. The normalized spacial score (nSPS) is 21.3. The second-order valence-corrected chi connectivity index (χ2v) is 13.9. The fourth-order valence-electron chi connectivity index (χ4n) is 5.32. The monoisotopic (exact) mass is 402 g/mol. The lowest BCUT2D eigenvalue weighted by molar-refractivity contribution is 0.863. The molecule has 0 aliphatic heterocycles. The molecule has 0 saturated heterocycles. The Morgan fingerprint density at radius 2 is 1.41 bits per heavy atom. The van der Waals surface area contributed by atoms with Gasteiger partial charge in [0.05, 0.1) is 0 Å². The summed E-state index contributed by atoms with van der Waals surface area (Å²) in [5, 5.41) is 3.26. The van der Waals surface area contributed by atoms with Gasteiger partial charge in [-0.05, 0) is 64.2 Å². The quantitative estimate of drug-likeness (QED) is 0.489. The van der Waals surface area contributed by atoms with Crippen LogP contribution in [0, 0.1) is 13.8 Å². The Bertz CT molecular complexity index is 985. The van der Waals surface area contributed by atoms with Crippen molar-refractivity contribution in [1.29, 1.82) is 0 Å². The van der Waals surface area contributed by atoms with Crippen LogP contribution >= 0.6 is 0 Å². The molecule has 0 amide bonds. The van der Waals surface area contributed by atoms with E-state index in [1.54, 1.807) is 15.9 Å². The summed E-state index contributed by atoms with van der Waals surface area (Å²) in [5.41, 5.74) is 10.3. The summed E-state index contributed by atoms with van der Waals surface area (Å²) >= 11 is 0. The molecule has 0 radical (unpaired) electrons. The van der Waals surface area contributed by atoms with Gasteiger partial charge in [0.1, 0.15) is 8.07 Å². The summed E-state index contributed by atoms with van der Waals surface area (Å²) in [6.07, 6.45) is 4.78. The van der Waals surface area contributed by atoms with Gasteiger partial charge >= 0.3 is 0 Å². The minimum Gasteiger partial charge on any atom is -0.0733 e. The van der Waals surface area contributed by atoms with Gasteiger partial charge in [-0.1, -0.05) is 102 Å². The van der Waals surface area contributed by atoms with Crippen LogP contribution in [-0.4, -0.2) is 8.07 Å². The number of aryl methyl sites for hydroxylation is 4. The van der Waals surface area contributed by atoms with E-state index < -0.39 is 8.07 Å². The first-order valence-electron chi connectivity index (χ1n) is 11.2. The molecule has 0 fully saturated rings. The van der Waals surface area contributed by atoms with E-state index in [1.807, 2.05) is 0 Å². The van der Waals surface area contributed by atoms with Crippen LogP contribution in [0.15, 0.2) is 59.2 Å². The van der Waals surface area contributed by atoms with Crippen LogP contribution in [0.25, 0.3) is 0 Å². The number of rotatable bonds is 5. The van der Waals surface area contributed by atoms with Crippen LogP contribution in [-0.2, 0) is 12.8 Å². The zero-order chi connectivity index (χ0) is 21.6. The van der Waals surface area contributed by atoms with Crippen molar-refractivity contribution in [2.75, 3.05) is 0 Å². The van der Waals surface area contributed by atoms with Gasteiger partial charge < -0.3 is 0 Å². The molecule has 3 rings (SSSR count). The van der Waals surface area contributed by atoms with E-state index >= 15 is 0 Å². The summed E-state index contributed by atoms with van der Waals surface area (Å²) in [7, 11) is -2.15. The molecular formula is C28H38Si. The predicted octanol–water partition coefficient (Wildman–Crippen LogP) is 6.68. The molecule has 0 saturated carbocycles. The van der Waals surface area contributed by atoms with Crippen molar-refractivity contribution in [2.45, 2.75) is 79.8 Å². The number of allylic oxidation sites excluding steroid dienone is 4. The van der Waals surface area contributed by atoms with E-state index in [9.17, 15) is 0 Å². The van der Waals surface area contributed by atoms with E-state index in [-0.39, 0.29) is 5.04 Å². The summed E-state index contributed by atoms with van der Waals surface area (Å²) in [5.74, 6) is 0. The van der Waals surface area contributed by atoms with Gasteiger partial charge in [0.2, 0.25) is 0 Å². The molecule has 2 unspecified atom stereocenters. The Morgan fingerprint density at radius 3 is 1.90 bits per heavy atom. The highest BCUT2D eigenvalue weighted by molar-refractivity contribution is 7.04. The molecule has 1 aliphatic carbocycles. The van der Waals surface area contributed by atoms with Crippen LogP contribution in [0.5, 0.6) is 0 Å². The molecule has 154 valence electrons. The number of hydrogen-bond donors (Lipinski definition) is 0. The molecule has 1 aliphatic rings. The Labute approximate surface area is 179 Å². The molecule has 1 heteroatoms.